The number of alkyl halides is 1. The molecule has 20 heavy (non-hydrogen) atoms. The van der Waals surface area contributed by atoms with Gasteiger partial charge in [-0.1, -0.05) is 35.2 Å². The van der Waals surface area contributed by atoms with Gasteiger partial charge in [-0.2, -0.15) is 0 Å². The lowest BCUT2D eigenvalue weighted by atomic mass is 9.84. The van der Waals surface area contributed by atoms with Gasteiger partial charge < -0.3 is 9.47 Å². The van der Waals surface area contributed by atoms with Gasteiger partial charge in [-0.05, 0) is 37.0 Å². The van der Waals surface area contributed by atoms with E-state index in [2.05, 4.69) is 15.9 Å². The topological polar surface area (TPSA) is 35.5 Å². The fourth-order valence-corrected chi connectivity index (χ4v) is 3.57. The number of halogens is 1. The highest BCUT2D eigenvalue weighted by Gasteiger charge is 2.29. The van der Waals surface area contributed by atoms with E-state index in [-0.39, 0.29) is 10.6 Å². The normalized spacial score (nSPS) is 17.6. The Kier molecular flexibility index (Phi) is 5.46. The third-order valence-corrected chi connectivity index (χ3v) is 5.15. The van der Waals surface area contributed by atoms with Crippen molar-refractivity contribution in [2.45, 2.75) is 36.9 Å². The number of methoxy groups -OCH3 is 2. The van der Waals surface area contributed by atoms with Gasteiger partial charge in [0.25, 0.3) is 0 Å². The fourth-order valence-electron chi connectivity index (χ4n) is 2.80. The van der Waals surface area contributed by atoms with Crippen molar-refractivity contribution in [1.82, 2.24) is 0 Å². The van der Waals surface area contributed by atoms with Gasteiger partial charge in [0.1, 0.15) is 11.5 Å². The Bertz CT molecular complexity index is 467. The molecule has 2 rings (SSSR count). The molecule has 0 amide bonds. The summed E-state index contributed by atoms with van der Waals surface area (Å²) in [5.74, 6) is 1.80. The molecule has 1 aliphatic carbocycles. The number of hydrogen-bond acceptors (Lipinski definition) is 3. The molecule has 1 unspecified atom stereocenters. The van der Waals surface area contributed by atoms with Crippen molar-refractivity contribution < 1.29 is 14.3 Å². The van der Waals surface area contributed by atoms with Crippen LogP contribution >= 0.6 is 15.9 Å². The predicted octanol–water partition coefficient (Wildman–Crippen LogP) is 4.23. The first-order chi connectivity index (χ1) is 9.67. The van der Waals surface area contributed by atoms with Crippen LogP contribution in [0.1, 0.15) is 42.5 Å². The first kappa shape index (κ1) is 15.4. The summed E-state index contributed by atoms with van der Waals surface area (Å²) in [4.78, 5) is 12.6. The first-order valence-corrected chi connectivity index (χ1v) is 7.99. The second-order valence-electron chi connectivity index (χ2n) is 5.23. The van der Waals surface area contributed by atoms with Gasteiger partial charge in [0.2, 0.25) is 0 Å². The molecular formula is C16H21BrO3. The van der Waals surface area contributed by atoms with Crippen LogP contribution in [-0.4, -0.2) is 24.8 Å². The van der Waals surface area contributed by atoms with E-state index in [9.17, 15) is 4.79 Å². The molecule has 0 heterocycles. The van der Waals surface area contributed by atoms with Gasteiger partial charge in [0.05, 0.1) is 24.6 Å². The highest BCUT2D eigenvalue weighted by atomic mass is 79.9. The summed E-state index contributed by atoms with van der Waals surface area (Å²) in [6, 6.07) is 5.35. The van der Waals surface area contributed by atoms with Crippen molar-refractivity contribution in [1.29, 1.82) is 0 Å². The molecule has 1 aromatic rings. The van der Waals surface area contributed by atoms with Crippen LogP contribution in [0.15, 0.2) is 18.2 Å². The van der Waals surface area contributed by atoms with Gasteiger partial charge in [-0.3, -0.25) is 4.79 Å². The SMILES string of the molecule is COc1ccc(OC)c(C(=O)C(Br)C2CCCCC2)c1. The molecule has 4 heteroatoms. The van der Waals surface area contributed by atoms with E-state index in [1.54, 1.807) is 32.4 Å². The number of ether oxygens (including phenoxy) is 2. The molecule has 0 bridgehead atoms. The van der Waals surface area contributed by atoms with Crippen LogP contribution in [0, 0.1) is 5.92 Å². The number of benzene rings is 1. The summed E-state index contributed by atoms with van der Waals surface area (Å²) in [5.41, 5.74) is 0.597. The highest BCUT2D eigenvalue weighted by Crippen LogP contribution is 2.34. The van der Waals surface area contributed by atoms with Gasteiger partial charge in [-0.15, -0.1) is 0 Å². The molecular weight excluding hydrogens is 320 g/mol. The lowest BCUT2D eigenvalue weighted by molar-refractivity contribution is 0.0959. The van der Waals surface area contributed by atoms with Crippen LogP contribution in [-0.2, 0) is 0 Å². The molecule has 3 nitrogen and oxygen atoms in total. The maximum Gasteiger partial charge on any atom is 0.180 e. The Morgan fingerprint density at radius 1 is 1.20 bits per heavy atom. The van der Waals surface area contributed by atoms with Crippen LogP contribution in [0.2, 0.25) is 0 Å². The summed E-state index contributed by atoms with van der Waals surface area (Å²) < 4.78 is 10.5. The van der Waals surface area contributed by atoms with Crippen molar-refractivity contribution >= 4 is 21.7 Å². The standard InChI is InChI=1S/C16H21BrO3/c1-19-12-8-9-14(20-2)13(10-12)16(18)15(17)11-6-4-3-5-7-11/h8-11,15H,3-7H2,1-2H3. The summed E-state index contributed by atoms with van der Waals surface area (Å²) in [6.07, 6.45) is 5.96. The summed E-state index contributed by atoms with van der Waals surface area (Å²) in [5, 5.41) is 0. The Balaban J connectivity index is 2.22. The largest absolute Gasteiger partial charge is 0.497 e. The number of Topliss-reactive ketones (excluding diaryl/α,β-unsaturated/α-hetero) is 1. The molecule has 0 N–H and O–H groups in total. The van der Waals surface area contributed by atoms with E-state index in [1.807, 2.05) is 0 Å². The molecule has 0 aromatic heterocycles. The summed E-state index contributed by atoms with van der Waals surface area (Å²) in [7, 11) is 3.19. The predicted molar refractivity (Wildman–Crippen MR) is 83.2 cm³/mol. The number of carbonyl (C=O) groups excluding carboxylic acids is 1. The first-order valence-electron chi connectivity index (χ1n) is 7.07. The van der Waals surface area contributed by atoms with Crippen molar-refractivity contribution in [2.24, 2.45) is 5.92 Å². The number of hydrogen-bond donors (Lipinski definition) is 0. The Labute approximate surface area is 128 Å². The third-order valence-electron chi connectivity index (χ3n) is 3.99. The van der Waals surface area contributed by atoms with Crippen LogP contribution in [0.4, 0.5) is 0 Å². The van der Waals surface area contributed by atoms with E-state index in [4.69, 9.17) is 9.47 Å². The third kappa shape index (κ3) is 3.35. The van der Waals surface area contributed by atoms with Crippen molar-refractivity contribution in [3.63, 3.8) is 0 Å². The van der Waals surface area contributed by atoms with E-state index in [0.29, 0.717) is 23.0 Å². The monoisotopic (exact) mass is 340 g/mol. The number of ketones is 1. The Hall–Kier alpha value is -1.03. The molecule has 110 valence electrons. The Morgan fingerprint density at radius 2 is 1.90 bits per heavy atom. The number of carbonyl (C=O) groups is 1. The molecule has 0 aliphatic heterocycles. The van der Waals surface area contributed by atoms with Crippen LogP contribution in [0.5, 0.6) is 11.5 Å². The molecule has 0 spiro atoms. The molecule has 0 saturated heterocycles. The lowest BCUT2D eigenvalue weighted by Gasteiger charge is -2.26. The smallest absolute Gasteiger partial charge is 0.180 e. The molecule has 1 aromatic carbocycles. The Morgan fingerprint density at radius 3 is 2.50 bits per heavy atom. The number of rotatable bonds is 5. The average molecular weight is 341 g/mol. The van der Waals surface area contributed by atoms with Crippen molar-refractivity contribution in [3.05, 3.63) is 23.8 Å². The minimum Gasteiger partial charge on any atom is -0.497 e. The maximum absolute atomic E-state index is 12.7. The van der Waals surface area contributed by atoms with Crippen LogP contribution in [0.25, 0.3) is 0 Å². The van der Waals surface area contributed by atoms with Crippen molar-refractivity contribution in [2.75, 3.05) is 14.2 Å². The van der Waals surface area contributed by atoms with Crippen LogP contribution < -0.4 is 9.47 Å². The molecule has 1 aliphatic rings. The van der Waals surface area contributed by atoms with E-state index in [1.165, 1.54) is 19.3 Å². The fraction of sp³-hybridized carbons (Fsp3) is 0.562. The zero-order valence-corrected chi connectivity index (χ0v) is 13.6. The van der Waals surface area contributed by atoms with E-state index < -0.39 is 0 Å². The second-order valence-corrected chi connectivity index (χ2v) is 6.22. The van der Waals surface area contributed by atoms with Gasteiger partial charge in [0.15, 0.2) is 5.78 Å². The lowest BCUT2D eigenvalue weighted by Crippen LogP contribution is -2.26. The van der Waals surface area contributed by atoms with E-state index >= 15 is 0 Å². The molecule has 0 radical (unpaired) electrons. The van der Waals surface area contributed by atoms with Gasteiger partial charge in [-0.25, -0.2) is 0 Å². The summed E-state index contributed by atoms with van der Waals surface area (Å²) >= 11 is 3.61. The van der Waals surface area contributed by atoms with Crippen LogP contribution in [0.3, 0.4) is 0 Å². The quantitative estimate of drug-likeness (QED) is 0.594. The molecule has 1 saturated carbocycles. The van der Waals surface area contributed by atoms with Crippen molar-refractivity contribution in [3.8, 4) is 11.5 Å². The zero-order valence-electron chi connectivity index (χ0n) is 12.0. The minimum atomic E-state index is -0.135. The van der Waals surface area contributed by atoms with E-state index in [0.717, 1.165) is 12.8 Å². The molecule has 1 atom stereocenters. The average Bonchev–Trinajstić information content (AvgIpc) is 2.53. The van der Waals surface area contributed by atoms with Gasteiger partial charge >= 0.3 is 0 Å². The second kappa shape index (κ2) is 7.11. The highest BCUT2D eigenvalue weighted by molar-refractivity contribution is 9.10. The maximum atomic E-state index is 12.7. The van der Waals surface area contributed by atoms with Gasteiger partial charge in [0, 0.05) is 0 Å². The summed E-state index contributed by atoms with van der Waals surface area (Å²) in [6.45, 7) is 0. The minimum absolute atomic E-state index is 0.0904. The zero-order chi connectivity index (χ0) is 14.5. The molecule has 1 fully saturated rings.